The van der Waals surface area contributed by atoms with Gasteiger partial charge in [-0.3, -0.25) is 4.79 Å². The summed E-state index contributed by atoms with van der Waals surface area (Å²) in [4.78, 5) is 11.9. The summed E-state index contributed by atoms with van der Waals surface area (Å²) in [5.74, 6) is -0.427. The smallest absolute Gasteiger partial charge is 0.313 e. The molecule has 0 radical (unpaired) electrons. The average molecular weight is 240 g/mol. The van der Waals surface area contributed by atoms with Gasteiger partial charge in [-0.15, -0.1) is 0 Å². The minimum atomic E-state index is -0.237. The van der Waals surface area contributed by atoms with E-state index in [-0.39, 0.29) is 11.9 Å². The van der Waals surface area contributed by atoms with Gasteiger partial charge in [0.1, 0.15) is 0 Å². The van der Waals surface area contributed by atoms with Crippen molar-refractivity contribution in [1.29, 1.82) is 0 Å². The molecule has 2 aromatic rings. The molecule has 0 saturated heterocycles. The van der Waals surface area contributed by atoms with Gasteiger partial charge in [0, 0.05) is 0 Å². The van der Waals surface area contributed by atoms with E-state index in [0.29, 0.717) is 6.42 Å². The molecule has 0 aliphatic heterocycles. The maximum Gasteiger partial charge on any atom is 0.313 e. The Morgan fingerprint density at radius 2 is 1.56 bits per heavy atom. The fourth-order valence-electron chi connectivity index (χ4n) is 2.01. The van der Waals surface area contributed by atoms with Crippen molar-refractivity contribution in [1.82, 2.24) is 0 Å². The number of carbonyl (C=O) groups is 1. The molecule has 0 heterocycles. The van der Waals surface area contributed by atoms with Crippen LogP contribution < -0.4 is 0 Å². The van der Waals surface area contributed by atoms with Crippen LogP contribution in [0.3, 0.4) is 0 Å². The molecule has 0 saturated carbocycles. The van der Waals surface area contributed by atoms with Crippen LogP contribution in [0.15, 0.2) is 60.7 Å². The first-order valence-corrected chi connectivity index (χ1v) is 5.98. The van der Waals surface area contributed by atoms with Crippen molar-refractivity contribution in [3.8, 4) is 0 Å². The zero-order valence-corrected chi connectivity index (χ0v) is 10.4. The van der Waals surface area contributed by atoms with Crippen molar-refractivity contribution in [3.05, 3.63) is 71.8 Å². The van der Waals surface area contributed by atoms with Crippen LogP contribution in [0, 0.1) is 0 Å². The summed E-state index contributed by atoms with van der Waals surface area (Å²) >= 11 is 0. The molecule has 0 aromatic heterocycles. The summed E-state index contributed by atoms with van der Waals surface area (Å²) in [5.41, 5.74) is 2.13. The first-order valence-electron chi connectivity index (χ1n) is 5.98. The largest absolute Gasteiger partial charge is 0.469 e. The third kappa shape index (κ3) is 2.98. The molecule has 18 heavy (non-hydrogen) atoms. The van der Waals surface area contributed by atoms with Crippen LogP contribution in [-0.2, 0) is 16.0 Å². The lowest BCUT2D eigenvalue weighted by Gasteiger charge is -2.15. The zero-order valence-electron chi connectivity index (χ0n) is 10.4. The molecule has 0 fully saturated rings. The van der Waals surface area contributed by atoms with Gasteiger partial charge in [-0.05, 0) is 17.5 Å². The highest BCUT2D eigenvalue weighted by atomic mass is 16.5. The van der Waals surface area contributed by atoms with Gasteiger partial charge < -0.3 is 4.74 Å². The van der Waals surface area contributed by atoms with Gasteiger partial charge in [-0.25, -0.2) is 0 Å². The molecule has 92 valence electrons. The number of ether oxygens (including phenoxy) is 1. The fraction of sp³-hybridized carbons (Fsp3) is 0.188. The Kier molecular flexibility index (Phi) is 4.13. The Morgan fingerprint density at radius 3 is 2.11 bits per heavy atom. The second kappa shape index (κ2) is 6.01. The van der Waals surface area contributed by atoms with E-state index in [1.165, 1.54) is 7.11 Å². The predicted molar refractivity (Wildman–Crippen MR) is 71.3 cm³/mol. The van der Waals surface area contributed by atoms with E-state index in [1.807, 2.05) is 60.7 Å². The van der Waals surface area contributed by atoms with Gasteiger partial charge in [-0.1, -0.05) is 60.7 Å². The normalized spacial score (nSPS) is 11.8. The van der Waals surface area contributed by atoms with E-state index >= 15 is 0 Å². The lowest BCUT2D eigenvalue weighted by atomic mass is 9.92. The predicted octanol–water partition coefficient (Wildman–Crippen LogP) is 3.19. The Balaban J connectivity index is 2.24. The molecule has 1 atom stereocenters. The van der Waals surface area contributed by atoms with Crippen LogP contribution in [0.25, 0.3) is 0 Å². The van der Waals surface area contributed by atoms with Crippen LogP contribution >= 0.6 is 0 Å². The lowest BCUT2D eigenvalue weighted by molar-refractivity contribution is -0.142. The number of benzene rings is 2. The SMILES string of the molecule is COC(=O)C(Cc1ccccc1)c1ccccc1. The molecule has 0 spiro atoms. The van der Waals surface area contributed by atoms with Crippen LogP contribution in [0.5, 0.6) is 0 Å². The van der Waals surface area contributed by atoms with Crippen molar-refractivity contribution in [2.24, 2.45) is 0 Å². The summed E-state index contributed by atoms with van der Waals surface area (Å²) < 4.78 is 4.90. The minimum Gasteiger partial charge on any atom is -0.469 e. The van der Waals surface area contributed by atoms with Crippen molar-refractivity contribution in [2.75, 3.05) is 7.11 Å². The highest BCUT2D eigenvalue weighted by Crippen LogP contribution is 2.22. The van der Waals surface area contributed by atoms with Crippen molar-refractivity contribution in [2.45, 2.75) is 12.3 Å². The summed E-state index contributed by atoms with van der Waals surface area (Å²) in [6, 6.07) is 19.7. The maximum atomic E-state index is 11.9. The molecule has 0 amide bonds. The van der Waals surface area contributed by atoms with Crippen LogP contribution in [-0.4, -0.2) is 13.1 Å². The topological polar surface area (TPSA) is 26.3 Å². The number of hydrogen-bond donors (Lipinski definition) is 0. The lowest BCUT2D eigenvalue weighted by Crippen LogP contribution is -2.16. The molecule has 2 rings (SSSR count). The number of esters is 1. The van der Waals surface area contributed by atoms with Gasteiger partial charge >= 0.3 is 5.97 Å². The monoisotopic (exact) mass is 240 g/mol. The third-order valence-electron chi connectivity index (χ3n) is 2.97. The highest BCUT2D eigenvalue weighted by Gasteiger charge is 2.21. The minimum absolute atomic E-state index is 0.190. The van der Waals surface area contributed by atoms with Gasteiger partial charge in [0.25, 0.3) is 0 Å². The first kappa shape index (κ1) is 12.4. The van der Waals surface area contributed by atoms with E-state index in [4.69, 9.17) is 4.74 Å². The zero-order chi connectivity index (χ0) is 12.8. The van der Waals surface area contributed by atoms with E-state index in [1.54, 1.807) is 0 Å². The maximum absolute atomic E-state index is 11.9. The van der Waals surface area contributed by atoms with Crippen LogP contribution in [0.1, 0.15) is 17.0 Å². The van der Waals surface area contributed by atoms with E-state index < -0.39 is 0 Å². The van der Waals surface area contributed by atoms with Gasteiger partial charge in [0.05, 0.1) is 13.0 Å². The van der Waals surface area contributed by atoms with Gasteiger partial charge in [0.2, 0.25) is 0 Å². The quantitative estimate of drug-likeness (QED) is 0.767. The Morgan fingerprint density at radius 1 is 1.00 bits per heavy atom. The third-order valence-corrected chi connectivity index (χ3v) is 2.97. The van der Waals surface area contributed by atoms with E-state index in [2.05, 4.69) is 0 Å². The van der Waals surface area contributed by atoms with Crippen molar-refractivity contribution < 1.29 is 9.53 Å². The second-order valence-corrected chi connectivity index (χ2v) is 4.18. The summed E-state index contributed by atoms with van der Waals surface area (Å²) in [6.07, 6.45) is 0.664. The Bertz CT molecular complexity index is 491. The Hall–Kier alpha value is -2.09. The van der Waals surface area contributed by atoms with Crippen LogP contribution in [0.4, 0.5) is 0 Å². The molecule has 0 N–H and O–H groups in total. The molecule has 0 aliphatic rings. The van der Waals surface area contributed by atoms with Crippen LogP contribution in [0.2, 0.25) is 0 Å². The molecular formula is C16H16O2. The molecule has 0 bridgehead atoms. The Labute approximate surface area is 107 Å². The molecule has 2 nitrogen and oxygen atoms in total. The van der Waals surface area contributed by atoms with Crippen molar-refractivity contribution >= 4 is 5.97 Å². The highest BCUT2D eigenvalue weighted by molar-refractivity contribution is 5.78. The number of hydrogen-bond acceptors (Lipinski definition) is 2. The van der Waals surface area contributed by atoms with E-state index in [9.17, 15) is 4.79 Å². The van der Waals surface area contributed by atoms with Gasteiger partial charge in [0.15, 0.2) is 0 Å². The summed E-state index contributed by atoms with van der Waals surface area (Å²) in [7, 11) is 1.43. The standard InChI is InChI=1S/C16H16O2/c1-18-16(17)15(14-10-6-3-7-11-14)12-13-8-4-2-5-9-13/h2-11,15H,12H2,1H3. The van der Waals surface area contributed by atoms with E-state index in [0.717, 1.165) is 11.1 Å². The number of rotatable bonds is 4. The molecule has 2 heteroatoms. The molecule has 1 unspecified atom stereocenters. The summed E-state index contributed by atoms with van der Waals surface area (Å²) in [6.45, 7) is 0. The molecule has 0 aliphatic carbocycles. The first-order chi connectivity index (χ1) is 8.81. The summed E-state index contributed by atoms with van der Waals surface area (Å²) in [5, 5.41) is 0. The van der Waals surface area contributed by atoms with Gasteiger partial charge in [-0.2, -0.15) is 0 Å². The second-order valence-electron chi connectivity index (χ2n) is 4.18. The number of carbonyl (C=O) groups excluding carboxylic acids is 1. The molecular weight excluding hydrogens is 224 g/mol. The number of methoxy groups -OCH3 is 1. The molecule has 2 aromatic carbocycles. The fourth-order valence-corrected chi connectivity index (χ4v) is 2.01. The average Bonchev–Trinajstić information content (AvgIpc) is 2.46. The van der Waals surface area contributed by atoms with Crippen molar-refractivity contribution in [3.63, 3.8) is 0 Å².